The van der Waals surface area contributed by atoms with Crippen LogP contribution in [0.15, 0.2) is 12.1 Å². The van der Waals surface area contributed by atoms with E-state index in [1.165, 1.54) is 37.7 Å². The summed E-state index contributed by atoms with van der Waals surface area (Å²) in [5.41, 5.74) is 4.00. The van der Waals surface area contributed by atoms with Gasteiger partial charge in [-0.3, -0.25) is 4.90 Å². The van der Waals surface area contributed by atoms with Gasteiger partial charge >= 0.3 is 5.97 Å². The first-order valence-corrected chi connectivity index (χ1v) is 9.07. The highest BCUT2D eigenvalue weighted by Crippen LogP contribution is 2.27. The summed E-state index contributed by atoms with van der Waals surface area (Å²) >= 11 is 0. The zero-order chi connectivity index (χ0) is 16.4. The molecule has 1 aromatic carbocycles. The van der Waals surface area contributed by atoms with Crippen molar-refractivity contribution in [3.05, 3.63) is 34.4 Å². The smallest absolute Gasteiger partial charge is 0.338 e. The molecule has 1 aliphatic heterocycles. The van der Waals surface area contributed by atoms with Gasteiger partial charge in [0.05, 0.1) is 5.56 Å². The van der Waals surface area contributed by atoms with Crippen molar-refractivity contribution < 1.29 is 9.53 Å². The molecule has 0 radical (unpaired) electrons. The van der Waals surface area contributed by atoms with Gasteiger partial charge in [0.25, 0.3) is 0 Å². The molecule has 126 valence electrons. The van der Waals surface area contributed by atoms with Crippen LogP contribution in [-0.4, -0.2) is 36.1 Å². The van der Waals surface area contributed by atoms with E-state index in [1.54, 1.807) is 0 Å². The van der Waals surface area contributed by atoms with Gasteiger partial charge in [0.1, 0.15) is 6.10 Å². The molecule has 1 unspecified atom stereocenters. The Morgan fingerprint density at radius 3 is 2.35 bits per heavy atom. The highest BCUT2D eigenvalue weighted by molar-refractivity contribution is 5.92. The zero-order valence-electron chi connectivity index (χ0n) is 14.7. The number of ether oxygens (including phenoxy) is 1. The van der Waals surface area contributed by atoms with E-state index in [4.69, 9.17) is 4.74 Å². The largest absolute Gasteiger partial charge is 0.457 e. The van der Waals surface area contributed by atoms with E-state index in [2.05, 4.69) is 24.0 Å². The molecule has 2 aliphatic rings. The maximum absolute atomic E-state index is 12.6. The van der Waals surface area contributed by atoms with Crippen LogP contribution in [0.2, 0.25) is 0 Å². The minimum atomic E-state index is -0.143. The fourth-order valence-electron chi connectivity index (χ4n) is 4.34. The van der Waals surface area contributed by atoms with Gasteiger partial charge in [0.15, 0.2) is 0 Å². The van der Waals surface area contributed by atoms with E-state index in [0.717, 1.165) is 42.2 Å². The molecule has 1 saturated carbocycles. The lowest BCUT2D eigenvalue weighted by molar-refractivity contribution is 0.0303. The van der Waals surface area contributed by atoms with Crippen molar-refractivity contribution in [2.75, 3.05) is 13.1 Å². The molecule has 1 heterocycles. The average molecular weight is 315 g/mol. The Balaban J connectivity index is 1.61. The van der Waals surface area contributed by atoms with Crippen LogP contribution in [0.1, 0.15) is 65.6 Å². The van der Waals surface area contributed by atoms with Crippen LogP contribution in [0.4, 0.5) is 0 Å². The predicted octanol–water partition coefficient (Wildman–Crippen LogP) is 4.18. The van der Waals surface area contributed by atoms with Gasteiger partial charge in [-0.15, -0.1) is 0 Å². The van der Waals surface area contributed by atoms with Crippen LogP contribution in [0.3, 0.4) is 0 Å². The fourth-order valence-corrected chi connectivity index (χ4v) is 4.34. The third-order valence-corrected chi connectivity index (χ3v) is 5.42. The highest BCUT2D eigenvalue weighted by Gasteiger charge is 2.31. The maximum atomic E-state index is 12.6. The van der Waals surface area contributed by atoms with E-state index in [9.17, 15) is 4.79 Å². The van der Waals surface area contributed by atoms with Gasteiger partial charge in [-0.2, -0.15) is 0 Å². The van der Waals surface area contributed by atoms with E-state index in [1.807, 2.05) is 13.8 Å². The Hall–Kier alpha value is -1.35. The monoisotopic (exact) mass is 315 g/mol. The molecule has 1 saturated heterocycles. The lowest BCUT2D eigenvalue weighted by Gasteiger charge is -2.30. The zero-order valence-corrected chi connectivity index (χ0v) is 14.7. The van der Waals surface area contributed by atoms with Crippen LogP contribution in [0, 0.1) is 20.8 Å². The number of carbonyl (C=O) groups excluding carboxylic acids is 1. The summed E-state index contributed by atoms with van der Waals surface area (Å²) in [7, 11) is 0. The first-order valence-electron chi connectivity index (χ1n) is 9.07. The molecule has 1 aromatic rings. The molecule has 1 atom stereocenters. The maximum Gasteiger partial charge on any atom is 0.338 e. The summed E-state index contributed by atoms with van der Waals surface area (Å²) in [4.78, 5) is 15.1. The number of carbonyl (C=O) groups is 1. The second-order valence-electron chi connectivity index (χ2n) is 7.38. The predicted molar refractivity (Wildman–Crippen MR) is 92.9 cm³/mol. The minimum Gasteiger partial charge on any atom is -0.457 e. The van der Waals surface area contributed by atoms with E-state index in [-0.39, 0.29) is 12.1 Å². The van der Waals surface area contributed by atoms with Crippen molar-refractivity contribution in [1.29, 1.82) is 0 Å². The van der Waals surface area contributed by atoms with Crippen molar-refractivity contribution in [3.63, 3.8) is 0 Å². The molecule has 3 heteroatoms. The van der Waals surface area contributed by atoms with Gasteiger partial charge in [0.2, 0.25) is 0 Å². The number of aryl methyl sites for hydroxylation is 3. The third kappa shape index (κ3) is 3.77. The van der Waals surface area contributed by atoms with E-state index in [0.29, 0.717) is 0 Å². The highest BCUT2D eigenvalue weighted by atomic mass is 16.5. The fraction of sp³-hybridized carbons (Fsp3) is 0.650. The molecule has 0 spiro atoms. The molecular formula is C20H29NO2. The van der Waals surface area contributed by atoms with Crippen LogP contribution < -0.4 is 0 Å². The quantitative estimate of drug-likeness (QED) is 0.784. The van der Waals surface area contributed by atoms with Crippen molar-refractivity contribution in [3.8, 4) is 0 Å². The van der Waals surface area contributed by atoms with E-state index >= 15 is 0 Å². The van der Waals surface area contributed by atoms with Crippen LogP contribution >= 0.6 is 0 Å². The number of esters is 1. The van der Waals surface area contributed by atoms with Crippen LogP contribution in [-0.2, 0) is 4.74 Å². The van der Waals surface area contributed by atoms with Crippen molar-refractivity contribution >= 4 is 5.97 Å². The summed E-state index contributed by atoms with van der Waals surface area (Å²) in [6.07, 6.45) is 7.76. The van der Waals surface area contributed by atoms with Gasteiger partial charge in [-0.1, -0.05) is 37.0 Å². The molecule has 0 N–H and O–H groups in total. The molecule has 0 bridgehead atoms. The second kappa shape index (κ2) is 7.04. The first kappa shape index (κ1) is 16.5. The van der Waals surface area contributed by atoms with Crippen molar-refractivity contribution in [2.45, 2.75) is 71.4 Å². The van der Waals surface area contributed by atoms with Gasteiger partial charge < -0.3 is 4.74 Å². The second-order valence-corrected chi connectivity index (χ2v) is 7.38. The Labute approximate surface area is 140 Å². The van der Waals surface area contributed by atoms with E-state index < -0.39 is 0 Å². The SMILES string of the molecule is Cc1cc(C)c(C(=O)OC2CCN(C3CCCCC3)C2)c(C)c1. The molecule has 0 aromatic heterocycles. The number of nitrogens with zero attached hydrogens (tertiary/aromatic N) is 1. The lowest BCUT2D eigenvalue weighted by atomic mass is 9.94. The number of rotatable bonds is 3. The first-order chi connectivity index (χ1) is 11.0. The number of hydrogen-bond donors (Lipinski definition) is 0. The summed E-state index contributed by atoms with van der Waals surface area (Å²) in [6, 6.07) is 4.84. The normalized spacial score (nSPS) is 23.2. The topological polar surface area (TPSA) is 29.5 Å². The molecule has 3 rings (SSSR count). The Morgan fingerprint density at radius 1 is 1.04 bits per heavy atom. The number of likely N-dealkylation sites (tertiary alicyclic amines) is 1. The summed E-state index contributed by atoms with van der Waals surface area (Å²) in [5.74, 6) is -0.143. The van der Waals surface area contributed by atoms with Crippen molar-refractivity contribution in [2.24, 2.45) is 0 Å². The summed E-state index contributed by atoms with van der Waals surface area (Å²) in [6.45, 7) is 8.06. The van der Waals surface area contributed by atoms with Crippen LogP contribution in [0.25, 0.3) is 0 Å². The van der Waals surface area contributed by atoms with Gasteiger partial charge in [-0.25, -0.2) is 4.79 Å². The Morgan fingerprint density at radius 2 is 1.70 bits per heavy atom. The molecule has 1 aliphatic carbocycles. The summed E-state index contributed by atoms with van der Waals surface area (Å²) in [5, 5.41) is 0. The molecule has 0 amide bonds. The standard InChI is InChI=1S/C20H29NO2/c1-14-11-15(2)19(16(3)12-14)20(22)23-18-9-10-21(13-18)17-7-5-4-6-8-17/h11-12,17-18H,4-10,13H2,1-3H3. The minimum absolute atomic E-state index is 0.0597. The molecule has 2 fully saturated rings. The lowest BCUT2D eigenvalue weighted by Crippen LogP contribution is -2.36. The molecular weight excluding hydrogens is 286 g/mol. The Bertz CT molecular complexity index is 552. The van der Waals surface area contributed by atoms with Gasteiger partial charge in [-0.05, 0) is 51.2 Å². The van der Waals surface area contributed by atoms with Crippen LogP contribution in [0.5, 0.6) is 0 Å². The Kier molecular flexibility index (Phi) is 5.05. The number of hydrogen-bond acceptors (Lipinski definition) is 3. The summed E-state index contributed by atoms with van der Waals surface area (Å²) < 4.78 is 5.84. The third-order valence-electron chi connectivity index (χ3n) is 5.42. The molecule has 3 nitrogen and oxygen atoms in total. The average Bonchev–Trinajstić information content (AvgIpc) is 2.95. The van der Waals surface area contributed by atoms with Crippen molar-refractivity contribution in [1.82, 2.24) is 4.90 Å². The molecule has 23 heavy (non-hydrogen) atoms. The number of benzene rings is 1. The van der Waals surface area contributed by atoms with Gasteiger partial charge in [0, 0.05) is 19.1 Å².